The van der Waals surface area contributed by atoms with Gasteiger partial charge >= 0.3 is 0 Å². The van der Waals surface area contributed by atoms with Crippen molar-refractivity contribution in [2.24, 2.45) is 0 Å². The Morgan fingerprint density at radius 3 is 2.54 bits per heavy atom. The molecular weight excluding hydrogens is 344 g/mol. The molecule has 3 rings (SSSR count). The zero-order valence-electron chi connectivity index (χ0n) is 12.5. The van der Waals surface area contributed by atoms with Crippen LogP contribution in [0, 0.1) is 0 Å². The van der Waals surface area contributed by atoms with E-state index in [1.165, 1.54) is 29.8 Å². The lowest BCUT2D eigenvalue weighted by atomic mass is 10.1. The number of nitrogens with zero attached hydrogens (tertiary/aromatic N) is 1. The second-order valence-corrected chi connectivity index (χ2v) is 7.91. The highest BCUT2D eigenvalue weighted by Crippen LogP contribution is 2.20. The molecule has 0 radical (unpaired) electrons. The summed E-state index contributed by atoms with van der Waals surface area (Å²) in [7, 11) is -3.61. The first-order valence-corrected chi connectivity index (χ1v) is 9.44. The quantitative estimate of drug-likeness (QED) is 0.688. The molecule has 122 valence electrons. The van der Waals surface area contributed by atoms with Gasteiger partial charge < -0.3 is 0 Å². The minimum Gasteiger partial charge on any atom is -0.288 e. The maximum absolute atomic E-state index is 12.3. The van der Waals surface area contributed by atoms with E-state index in [9.17, 15) is 13.2 Å². The Hall–Kier alpha value is -2.35. The van der Waals surface area contributed by atoms with Crippen molar-refractivity contribution in [3.63, 3.8) is 0 Å². The number of benzene rings is 1. The molecule has 0 aliphatic rings. The first kappa shape index (κ1) is 16.5. The van der Waals surface area contributed by atoms with Crippen molar-refractivity contribution in [2.45, 2.75) is 11.4 Å². The van der Waals surface area contributed by atoms with Crippen molar-refractivity contribution in [1.29, 1.82) is 0 Å². The van der Waals surface area contributed by atoms with Gasteiger partial charge in [0.05, 0.1) is 4.88 Å². The van der Waals surface area contributed by atoms with E-state index in [0.717, 1.165) is 4.88 Å². The molecule has 1 N–H and O–H groups in total. The predicted octanol–water partition coefficient (Wildman–Crippen LogP) is 2.85. The van der Waals surface area contributed by atoms with Crippen LogP contribution >= 0.6 is 11.3 Å². The van der Waals surface area contributed by atoms with E-state index in [0.29, 0.717) is 10.4 Å². The Kier molecular flexibility index (Phi) is 4.84. The molecule has 1 aromatic carbocycles. The summed E-state index contributed by atoms with van der Waals surface area (Å²) in [6, 6.07) is 15.5. The molecule has 2 aromatic heterocycles. The van der Waals surface area contributed by atoms with Crippen LogP contribution in [0.3, 0.4) is 0 Å². The largest absolute Gasteiger partial charge is 0.288 e. The van der Waals surface area contributed by atoms with Gasteiger partial charge in [-0.15, -0.1) is 11.3 Å². The van der Waals surface area contributed by atoms with Gasteiger partial charge in [0, 0.05) is 29.4 Å². The van der Waals surface area contributed by atoms with Crippen molar-refractivity contribution >= 4 is 27.1 Å². The molecular formula is C17H14N2O3S2. The monoisotopic (exact) mass is 358 g/mol. The van der Waals surface area contributed by atoms with Crippen LogP contribution in [0.4, 0.5) is 0 Å². The van der Waals surface area contributed by atoms with Gasteiger partial charge in [0.2, 0.25) is 15.8 Å². The van der Waals surface area contributed by atoms with Gasteiger partial charge in [-0.2, -0.15) is 0 Å². The van der Waals surface area contributed by atoms with E-state index in [-0.39, 0.29) is 17.2 Å². The SMILES string of the molecule is O=C(c1ccccc1)c1ccc(CNS(=O)(=O)c2cccnc2)s1. The normalized spacial score (nSPS) is 11.3. The molecule has 0 aliphatic heterocycles. The Bertz CT molecular complexity index is 936. The second kappa shape index (κ2) is 7.04. The third kappa shape index (κ3) is 3.76. The highest BCUT2D eigenvalue weighted by Gasteiger charge is 2.15. The molecule has 3 aromatic rings. The molecule has 0 spiro atoms. The summed E-state index contributed by atoms with van der Waals surface area (Å²) in [5, 5.41) is 0. The fraction of sp³-hybridized carbons (Fsp3) is 0.0588. The van der Waals surface area contributed by atoms with Crippen LogP contribution in [0.15, 0.2) is 71.9 Å². The number of carbonyl (C=O) groups excluding carboxylic acids is 1. The van der Waals surface area contributed by atoms with Gasteiger partial charge in [-0.3, -0.25) is 9.78 Å². The Balaban J connectivity index is 1.70. The molecule has 0 unspecified atom stereocenters. The fourth-order valence-electron chi connectivity index (χ4n) is 2.08. The summed E-state index contributed by atoms with van der Waals surface area (Å²) >= 11 is 1.28. The van der Waals surface area contributed by atoms with E-state index < -0.39 is 10.0 Å². The van der Waals surface area contributed by atoms with Crippen LogP contribution in [-0.2, 0) is 16.6 Å². The van der Waals surface area contributed by atoms with Gasteiger partial charge in [0.15, 0.2) is 0 Å². The van der Waals surface area contributed by atoms with E-state index in [4.69, 9.17) is 0 Å². The maximum atomic E-state index is 12.3. The molecule has 0 bridgehead atoms. The molecule has 5 nitrogen and oxygen atoms in total. The van der Waals surface area contributed by atoms with E-state index in [1.54, 1.807) is 30.3 Å². The lowest BCUT2D eigenvalue weighted by molar-refractivity contribution is 0.104. The number of ketones is 1. The number of nitrogens with one attached hydrogen (secondary N) is 1. The smallest absolute Gasteiger partial charge is 0.242 e. The number of pyridine rings is 1. The van der Waals surface area contributed by atoms with Crippen molar-refractivity contribution in [3.05, 3.63) is 82.3 Å². The summed E-state index contributed by atoms with van der Waals surface area (Å²) in [6.45, 7) is 0.129. The van der Waals surface area contributed by atoms with Gasteiger partial charge in [0.1, 0.15) is 4.90 Å². The van der Waals surface area contributed by atoms with Crippen LogP contribution in [-0.4, -0.2) is 19.2 Å². The minimum absolute atomic E-state index is 0.0676. The zero-order valence-corrected chi connectivity index (χ0v) is 14.2. The summed E-state index contributed by atoms with van der Waals surface area (Å²) in [5.74, 6) is -0.0676. The molecule has 0 atom stereocenters. The molecule has 0 aliphatic carbocycles. The molecule has 7 heteroatoms. The Labute approximate surface area is 144 Å². The first-order chi connectivity index (χ1) is 11.6. The molecule has 2 heterocycles. The number of carbonyl (C=O) groups is 1. The van der Waals surface area contributed by atoms with Gasteiger partial charge in [-0.1, -0.05) is 30.3 Å². The number of hydrogen-bond donors (Lipinski definition) is 1. The van der Waals surface area contributed by atoms with E-state index in [2.05, 4.69) is 9.71 Å². The van der Waals surface area contributed by atoms with E-state index in [1.807, 2.05) is 18.2 Å². The summed E-state index contributed by atoms with van der Waals surface area (Å²) < 4.78 is 26.8. The number of rotatable bonds is 6. The molecule has 0 amide bonds. The molecule has 24 heavy (non-hydrogen) atoms. The second-order valence-electron chi connectivity index (χ2n) is 4.97. The fourth-order valence-corrected chi connectivity index (χ4v) is 4.05. The number of thiophene rings is 1. The third-order valence-corrected chi connectivity index (χ3v) is 5.77. The molecule has 0 fully saturated rings. The predicted molar refractivity (Wildman–Crippen MR) is 92.5 cm³/mol. The van der Waals surface area contributed by atoms with Crippen LogP contribution in [0.25, 0.3) is 0 Å². The average Bonchev–Trinajstić information content (AvgIpc) is 3.10. The number of sulfonamides is 1. The Morgan fingerprint density at radius 1 is 1.04 bits per heavy atom. The van der Waals surface area contributed by atoms with Crippen molar-refractivity contribution in [1.82, 2.24) is 9.71 Å². The summed E-state index contributed by atoms with van der Waals surface area (Å²) in [6.07, 6.45) is 2.81. The zero-order chi connectivity index (χ0) is 17.0. The standard InChI is InChI=1S/C17H14N2O3S2/c20-17(13-5-2-1-3-6-13)16-9-8-14(23-16)11-19-24(21,22)15-7-4-10-18-12-15/h1-10,12,19H,11H2. The summed E-state index contributed by atoms with van der Waals surface area (Å²) in [5.41, 5.74) is 0.613. The molecule has 0 saturated carbocycles. The van der Waals surface area contributed by atoms with Crippen LogP contribution in [0.2, 0.25) is 0 Å². The van der Waals surface area contributed by atoms with Crippen molar-refractivity contribution in [3.8, 4) is 0 Å². The number of aromatic nitrogens is 1. The van der Waals surface area contributed by atoms with Crippen molar-refractivity contribution in [2.75, 3.05) is 0 Å². The van der Waals surface area contributed by atoms with Crippen LogP contribution in [0.1, 0.15) is 20.1 Å². The van der Waals surface area contributed by atoms with Gasteiger partial charge in [-0.05, 0) is 24.3 Å². The Morgan fingerprint density at radius 2 is 1.83 bits per heavy atom. The third-order valence-electron chi connectivity index (χ3n) is 3.30. The van der Waals surface area contributed by atoms with Crippen LogP contribution in [0.5, 0.6) is 0 Å². The molecule has 0 saturated heterocycles. The van der Waals surface area contributed by atoms with Crippen molar-refractivity contribution < 1.29 is 13.2 Å². The highest BCUT2D eigenvalue weighted by molar-refractivity contribution is 7.89. The maximum Gasteiger partial charge on any atom is 0.242 e. The summed E-state index contributed by atoms with van der Waals surface area (Å²) in [4.78, 5) is 17.6. The highest BCUT2D eigenvalue weighted by atomic mass is 32.2. The van der Waals surface area contributed by atoms with Gasteiger partial charge in [0.25, 0.3) is 0 Å². The first-order valence-electron chi connectivity index (χ1n) is 7.14. The minimum atomic E-state index is -3.61. The average molecular weight is 358 g/mol. The topological polar surface area (TPSA) is 76.1 Å². The van der Waals surface area contributed by atoms with E-state index >= 15 is 0 Å². The lowest BCUT2D eigenvalue weighted by Gasteiger charge is -2.04. The van der Waals surface area contributed by atoms with Gasteiger partial charge in [-0.25, -0.2) is 13.1 Å². The van der Waals surface area contributed by atoms with Crippen LogP contribution < -0.4 is 4.72 Å². The lowest BCUT2D eigenvalue weighted by Crippen LogP contribution is -2.22. The number of hydrogen-bond acceptors (Lipinski definition) is 5.